The standard InChI is InChI=1S/C21H22N2O3S2/c1-13-2-5-15-16(12-23(17(15)8-13)11-14-3-4-14)18(24)9-19-22-10-21(28-19)27-7-6-20(25)26/h2,5,8,10,12,14H,3-4,6-7,9,11H2,1H3,(H,25,26). The SMILES string of the molecule is Cc1ccc2c(C(=O)Cc3ncc(SCCC(=O)O)s3)cn(CC3CC3)c2c1. The molecule has 1 aliphatic rings. The highest BCUT2D eigenvalue weighted by molar-refractivity contribution is 8.01. The molecule has 1 saturated carbocycles. The van der Waals surface area contributed by atoms with Gasteiger partial charge in [0.2, 0.25) is 0 Å². The van der Waals surface area contributed by atoms with Crippen LogP contribution in [0.1, 0.15) is 40.2 Å². The lowest BCUT2D eigenvalue weighted by Gasteiger charge is -2.03. The molecule has 0 saturated heterocycles. The largest absolute Gasteiger partial charge is 0.481 e. The molecule has 0 aliphatic heterocycles. The molecule has 28 heavy (non-hydrogen) atoms. The molecule has 5 nitrogen and oxygen atoms in total. The fraction of sp³-hybridized carbons (Fsp3) is 0.381. The van der Waals surface area contributed by atoms with Crippen LogP contribution >= 0.6 is 23.1 Å². The minimum Gasteiger partial charge on any atom is -0.481 e. The van der Waals surface area contributed by atoms with Crippen molar-refractivity contribution in [3.05, 3.63) is 46.7 Å². The van der Waals surface area contributed by atoms with Crippen LogP contribution in [-0.2, 0) is 17.8 Å². The summed E-state index contributed by atoms with van der Waals surface area (Å²) < 4.78 is 3.19. The van der Waals surface area contributed by atoms with Gasteiger partial charge < -0.3 is 9.67 Å². The van der Waals surface area contributed by atoms with Crippen LogP contribution in [0.15, 0.2) is 34.8 Å². The average molecular weight is 415 g/mol. The van der Waals surface area contributed by atoms with E-state index in [0.717, 1.165) is 38.1 Å². The minimum atomic E-state index is -0.801. The summed E-state index contributed by atoms with van der Waals surface area (Å²) in [6.07, 6.45) is 6.70. The van der Waals surface area contributed by atoms with Crippen LogP contribution in [0.3, 0.4) is 0 Å². The number of ketones is 1. The molecule has 1 aromatic carbocycles. The number of hydrogen-bond donors (Lipinski definition) is 1. The van der Waals surface area contributed by atoms with Gasteiger partial charge >= 0.3 is 5.97 Å². The van der Waals surface area contributed by atoms with E-state index in [9.17, 15) is 9.59 Å². The summed E-state index contributed by atoms with van der Waals surface area (Å²) in [6, 6.07) is 6.27. The first kappa shape index (κ1) is 19.2. The number of thiazole rings is 1. The van der Waals surface area contributed by atoms with Crippen LogP contribution in [0.5, 0.6) is 0 Å². The molecule has 7 heteroatoms. The Morgan fingerprint density at radius 2 is 2.18 bits per heavy atom. The van der Waals surface area contributed by atoms with Crippen LogP contribution in [-0.4, -0.2) is 32.2 Å². The van der Waals surface area contributed by atoms with Gasteiger partial charge in [0.1, 0.15) is 5.01 Å². The van der Waals surface area contributed by atoms with Crippen molar-refractivity contribution in [2.45, 2.75) is 43.4 Å². The summed E-state index contributed by atoms with van der Waals surface area (Å²) >= 11 is 2.95. The summed E-state index contributed by atoms with van der Waals surface area (Å²) in [4.78, 5) is 28.0. The summed E-state index contributed by atoms with van der Waals surface area (Å²) in [5.41, 5.74) is 3.11. The van der Waals surface area contributed by atoms with Gasteiger partial charge in [-0.1, -0.05) is 12.1 Å². The summed E-state index contributed by atoms with van der Waals surface area (Å²) in [7, 11) is 0. The third-order valence-electron chi connectivity index (χ3n) is 4.89. The van der Waals surface area contributed by atoms with Crippen molar-refractivity contribution in [2.24, 2.45) is 5.92 Å². The molecule has 0 unspecified atom stereocenters. The van der Waals surface area contributed by atoms with Crippen molar-refractivity contribution < 1.29 is 14.7 Å². The zero-order valence-electron chi connectivity index (χ0n) is 15.7. The fourth-order valence-electron chi connectivity index (χ4n) is 3.27. The lowest BCUT2D eigenvalue weighted by Crippen LogP contribution is -2.03. The first-order valence-corrected chi connectivity index (χ1v) is 11.2. The van der Waals surface area contributed by atoms with Crippen molar-refractivity contribution in [3.8, 4) is 0 Å². The van der Waals surface area contributed by atoms with Crippen LogP contribution in [0.4, 0.5) is 0 Å². The summed E-state index contributed by atoms with van der Waals surface area (Å²) in [5, 5.41) is 10.5. The maximum Gasteiger partial charge on any atom is 0.304 e. The number of aliphatic carboxylic acids is 1. The average Bonchev–Trinajstić information content (AvgIpc) is 3.24. The highest BCUT2D eigenvalue weighted by Gasteiger charge is 2.24. The van der Waals surface area contributed by atoms with Crippen molar-refractivity contribution in [2.75, 3.05) is 5.75 Å². The second-order valence-corrected chi connectivity index (χ2v) is 9.83. The zero-order valence-corrected chi connectivity index (χ0v) is 17.3. The van der Waals surface area contributed by atoms with E-state index in [2.05, 4.69) is 34.7 Å². The summed E-state index contributed by atoms with van der Waals surface area (Å²) in [5.74, 6) is 0.535. The Kier molecular flexibility index (Phi) is 5.55. The van der Waals surface area contributed by atoms with Crippen LogP contribution in [0.25, 0.3) is 10.9 Å². The van der Waals surface area contributed by atoms with E-state index in [4.69, 9.17) is 5.11 Å². The van der Waals surface area contributed by atoms with Crippen molar-refractivity contribution >= 4 is 45.8 Å². The molecule has 1 aliphatic carbocycles. The Bertz CT molecular complexity index is 1030. The molecule has 0 spiro atoms. The molecule has 0 radical (unpaired) electrons. The van der Waals surface area contributed by atoms with E-state index in [1.165, 1.54) is 41.5 Å². The quantitative estimate of drug-likeness (QED) is 0.402. The molecule has 0 atom stereocenters. The van der Waals surface area contributed by atoms with Gasteiger partial charge in [0.15, 0.2) is 5.78 Å². The van der Waals surface area contributed by atoms with Crippen LogP contribution in [0, 0.1) is 12.8 Å². The van der Waals surface area contributed by atoms with E-state index < -0.39 is 5.97 Å². The Morgan fingerprint density at radius 1 is 1.36 bits per heavy atom. The minimum absolute atomic E-state index is 0.0832. The predicted molar refractivity (Wildman–Crippen MR) is 113 cm³/mol. The van der Waals surface area contributed by atoms with Gasteiger partial charge in [-0.15, -0.1) is 23.1 Å². The van der Waals surface area contributed by atoms with E-state index in [1.807, 2.05) is 6.20 Å². The molecule has 1 N–H and O–H groups in total. The van der Waals surface area contributed by atoms with Crippen molar-refractivity contribution in [3.63, 3.8) is 0 Å². The number of carboxylic acids is 1. The maximum atomic E-state index is 13.0. The van der Waals surface area contributed by atoms with E-state index in [-0.39, 0.29) is 18.6 Å². The summed E-state index contributed by atoms with van der Waals surface area (Å²) in [6.45, 7) is 3.06. The van der Waals surface area contributed by atoms with Gasteiger partial charge in [0.05, 0.1) is 23.2 Å². The molecule has 3 aromatic rings. The highest BCUT2D eigenvalue weighted by Crippen LogP contribution is 2.34. The number of carboxylic acid groups (broad SMARTS) is 1. The third-order valence-corrected chi connectivity index (χ3v) is 7.09. The number of carbonyl (C=O) groups is 2. The van der Waals surface area contributed by atoms with Gasteiger partial charge in [-0.05, 0) is 37.3 Å². The number of Topliss-reactive ketones (excluding diaryl/α,β-unsaturated/α-hetero) is 1. The van der Waals surface area contributed by atoms with Gasteiger partial charge in [-0.3, -0.25) is 9.59 Å². The zero-order chi connectivity index (χ0) is 19.7. The van der Waals surface area contributed by atoms with Crippen molar-refractivity contribution in [1.82, 2.24) is 9.55 Å². The highest BCUT2D eigenvalue weighted by atomic mass is 32.2. The molecule has 0 bridgehead atoms. The number of nitrogens with zero attached hydrogens (tertiary/aromatic N) is 2. The van der Waals surface area contributed by atoms with Crippen molar-refractivity contribution in [1.29, 1.82) is 0 Å². The second-order valence-electron chi connectivity index (χ2n) is 7.32. The molecule has 2 aromatic heterocycles. The van der Waals surface area contributed by atoms with Gasteiger partial charge in [-0.25, -0.2) is 4.98 Å². The number of hydrogen-bond acceptors (Lipinski definition) is 5. The maximum absolute atomic E-state index is 13.0. The van der Waals surface area contributed by atoms with Gasteiger partial charge in [-0.2, -0.15) is 0 Å². The molecule has 4 rings (SSSR count). The Morgan fingerprint density at radius 3 is 2.93 bits per heavy atom. The molecule has 146 valence electrons. The lowest BCUT2D eigenvalue weighted by molar-refractivity contribution is -0.136. The molecule has 1 fully saturated rings. The third kappa shape index (κ3) is 4.47. The van der Waals surface area contributed by atoms with Gasteiger partial charge in [0.25, 0.3) is 0 Å². The number of thioether (sulfide) groups is 1. The molecule has 2 heterocycles. The van der Waals surface area contributed by atoms with E-state index in [0.29, 0.717) is 5.75 Å². The van der Waals surface area contributed by atoms with Crippen LogP contribution in [0.2, 0.25) is 0 Å². The Balaban J connectivity index is 1.51. The molecular weight excluding hydrogens is 392 g/mol. The Labute approximate surface area is 171 Å². The van der Waals surface area contributed by atoms with Gasteiger partial charge in [0, 0.05) is 35.0 Å². The van der Waals surface area contributed by atoms with E-state index in [1.54, 1.807) is 6.20 Å². The number of carbonyl (C=O) groups excluding carboxylic acids is 1. The lowest BCUT2D eigenvalue weighted by atomic mass is 10.1. The second kappa shape index (κ2) is 8.09. The monoisotopic (exact) mass is 414 g/mol. The molecule has 0 amide bonds. The Hall–Kier alpha value is -2.12. The first-order chi connectivity index (χ1) is 13.5. The number of aryl methyl sites for hydroxylation is 1. The predicted octanol–water partition coefficient (Wildman–Crippen LogP) is 4.81. The van der Waals surface area contributed by atoms with E-state index >= 15 is 0 Å². The number of rotatable bonds is 9. The number of fused-ring (bicyclic) bond motifs is 1. The fourth-order valence-corrected chi connectivity index (χ4v) is 5.29. The number of benzene rings is 1. The van der Waals surface area contributed by atoms with Crippen LogP contribution < -0.4 is 0 Å². The normalized spacial score (nSPS) is 13.9. The smallest absolute Gasteiger partial charge is 0.304 e. The molecular formula is C21H22N2O3S2. The topological polar surface area (TPSA) is 72.2 Å². The first-order valence-electron chi connectivity index (χ1n) is 9.41. The number of aromatic nitrogens is 2.